The zero-order valence-electron chi connectivity index (χ0n) is 30.9. The van der Waals surface area contributed by atoms with E-state index in [0.29, 0.717) is 50.2 Å². The first-order chi connectivity index (χ1) is 25.0. The molecule has 13 nitrogen and oxygen atoms in total. The van der Waals surface area contributed by atoms with Gasteiger partial charge in [0, 0.05) is 55.9 Å². The molecule has 4 heterocycles. The Balaban J connectivity index is 1.39. The summed E-state index contributed by atoms with van der Waals surface area (Å²) in [5.41, 5.74) is 1.58. The van der Waals surface area contributed by atoms with Crippen LogP contribution in [0.3, 0.4) is 0 Å². The monoisotopic (exact) mass is 732 g/mol. The van der Waals surface area contributed by atoms with Crippen LogP contribution in [0.5, 0.6) is 5.75 Å². The van der Waals surface area contributed by atoms with Crippen LogP contribution in [0.15, 0.2) is 48.7 Å². The third-order valence-electron chi connectivity index (χ3n) is 11.3. The van der Waals surface area contributed by atoms with Gasteiger partial charge in [-0.05, 0) is 74.5 Å². The van der Waals surface area contributed by atoms with Crippen molar-refractivity contribution in [2.24, 2.45) is 5.92 Å². The molecule has 6 rings (SSSR count). The summed E-state index contributed by atoms with van der Waals surface area (Å²) >= 11 is 0. The van der Waals surface area contributed by atoms with Crippen molar-refractivity contribution in [3.05, 3.63) is 59.9 Å². The molecule has 0 saturated carbocycles. The predicted octanol–water partition coefficient (Wildman–Crippen LogP) is 3.51. The van der Waals surface area contributed by atoms with Gasteiger partial charge in [-0.2, -0.15) is 0 Å². The Morgan fingerprint density at radius 3 is 2.62 bits per heavy atom. The Morgan fingerprint density at radius 1 is 1.13 bits per heavy atom. The number of fused-ring (bicyclic) bond motifs is 2. The van der Waals surface area contributed by atoms with E-state index >= 15 is 4.79 Å². The Bertz CT molecular complexity index is 1740. The van der Waals surface area contributed by atoms with Gasteiger partial charge in [0.1, 0.15) is 5.75 Å². The molecule has 0 radical (unpaired) electrons. The lowest BCUT2D eigenvalue weighted by Crippen LogP contribution is -2.52. The topological polar surface area (TPSA) is 157 Å². The van der Waals surface area contributed by atoms with Gasteiger partial charge in [0.2, 0.25) is 5.91 Å². The number of hydrogen-bond acceptors (Lipinski definition) is 10. The molecule has 14 heteroatoms. The molecule has 52 heavy (non-hydrogen) atoms. The molecule has 3 aliphatic heterocycles. The summed E-state index contributed by atoms with van der Waals surface area (Å²) in [5, 5.41) is 25.5. The number of rotatable bonds is 15. The van der Waals surface area contributed by atoms with Gasteiger partial charge in [0.25, 0.3) is 5.91 Å². The van der Waals surface area contributed by atoms with Crippen molar-refractivity contribution in [3.8, 4) is 5.75 Å². The number of nitrogens with zero attached hydrogens (tertiary/aromatic N) is 4. The SMILES string of the molecule is COC(=O)CCCCN1C(=O)[C@]2(O[C@H](CCn3cc(CCO)nn3)[C@@H]([Si](C)(C)c3ccc(OC)cc3)[C@@H]2C)c2cc(NC(=O)[C@H]3CCCN3)ccc21. The summed E-state index contributed by atoms with van der Waals surface area (Å²) in [6.45, 7) is 8.58. The van der Waals surface area contributed by atoms with Crippen molar-refractivity contribution in [3.63, 3.8) is 0 Å². The average molecular weight is 733 g/mol. The van der Waals surface area contributed by atoms with E-state index in [4.69, 9.17) is 14.2 Å². The van der Waals surface area contributed by atoms with Crippen LogP contribution in [0.2, 0.25) is 18.6 Å². The number of nitrogens with one attached hydrogen (secondary N) is 2. The molecule has 0 unspecified atom stereocenters. The third kappa shape index (κ3) is 7.26. The molecular formula is C38H52N6O7Si. The van der Waals surface area contributed by atoms with Gasteiger partial charge in [-0.1, -0.05) is 42.6 Å². The Hall–Kier alpha value is -4.11. The normalized spacial score (nSPS) is 24.0. The van der Waals surface area contributed by atoms with E-state index in [1.54, 1.807) is 11.8 Å². The van der Waals surface area contributed by atoms with Crippen LogP contribution in [0.1, 0.15) is 56.7 Å². The number of aryl methyl sites for hydroxylation is 1. The van der Waals surface area contributed by atoms with Crippen molar-refractivity contribution in [2.45, 2.75) is 94.8 Å². The number of hydrogen-bond donors (Lipinski definition) is 3. The maximum absolute atomic E-state index is 15.1. The van der Waals surface area contributed by atoms with E-state index in [-0.39, 0.29) is 54.4 Å². The summed E-state index contributed by atoms with van der Waals surface area (Å²) < 4.78 is 19.4. The van der Waals surface area contributed by atoms with Crippen molar-refractivity contribution < 1.29 is 33.7 Å². The zero-order valence-corrected chi connectivity index (χ0v) is 31.9. The number of methoxy groups -OCH3 is 2. The van der Waals surface area contributed by atoms with E-state index < -0.39 is 13.7 Å². The van der Waals surface area contributed by atoms with E-state index in [0.717, 1.165) is 36.4 Å². The van der Waals surface area contributed by atoms with Gasteiger partial charge < -0.3 is 34.9 Å². The molecule has 1 aromatic heterocycles. The van der Waals surface area contributed by atoms with Crippen LogP contribution in [-0.4, -0.2) is 92.0 Å². The largest absolute Gasteiger partial charge is 0.497 e. The Morgan fingerprint density at radius 2 is 1.92 bits per heavy atom. The molecule has 0 bridgehead atoms. The summed E-state index contributed by atoms with van der Waals surface area (Å²) in [7, 11) is 0.653. The number of unbranched alkanes of at least 4 members (excludes halogenated alkanes) is 1. The minimum Gasteiger partial charge on any atom is -0.497 e. The smallest absolute Gasteiger partial charge is 0.305 e. The summed E-state index contributed by atoms with van der Waals surface area (Å²) in [6.07, 6.45) is 5.76. The number of amides is 2. The number of ether oxygens (including phenoxy) is 3. The van der Waals surface area contributed by atoms with Crippen molar-refractivity contribution in [1.82, 2.24) is 20.3 Å². The number of aliphatic hydroxyl groups is 1. The molecule has 3 aliphatic rings. The number of aromatic nitrogens is 3. The molecular weight excluding hydrogens is 681 g/mol. The van der Waals surface area contributed by atoms with E-state index in [1.165, 1.54) is 12.3 Å². The fourth-order valence-electron chi connectivity index (χ4n) is 8.60. The fraction of sp³-hybridized carbons (Fsp3) is 0.553. The lowest BCUT2D eigenvalue weighted by atomic mass is 9.82. The predicted molar refractivity (Wildman–Crippen MR) is 199 cm³/mol. The zero-order chi connectivity index (χ0) is 37.0. The quantitative estimate of drug-likeness (QED) is 0.120. The second-order valence-electron chi connectivity index (χ2n) is 14.8. The number of aliphatic hydroxyl groups excluding tert-OH is 1. The molecule has 5 atom stereocenters. The Labute approximate surface area is 306 Å². The van der Waals surface area contributed by atoms with E-state index in [9.17, 15) is 14.7 Å². The van der Waals surface area contributed by atoms with Crippen molar-refractivity contribution in [1.29, 1.82) is 0 Å². The third-order valence-corrected chi connectivity index (χ3v) is 15.7. The van der Waals surface area contributed by atoms with Crippen molar-refractivity contribution >= 4 is 42.4 Å². The maximum atomic E-state index is 15.1. The number of anilines is 2. The maximum Gasteiger partial charge on any atom is 0.305 e. The van der Waals surface area contributed by atoms with E-state index in [1.807, 2.05) is 41.4 Å². The minimum atomic E-state index is -2.38. The average Bonchev–Trinajstić information content (AvgIpc) is 3.94. The van der Waals surface area contributed by atoms with Gasteiger partial charge >= 0.3 is 5.97 Å². The summed E-state index contributed by atoms with van der Waals surface area (Å²) in [4.78, 5) is 42.0. The molecule has 3 aromatic rings. The standard InChI is InChI=1S/C38H52N6O7Si/c1-25-35(52(4,5)29-14-12-28(49-2)13-15-29)33(17-21-43-24-27(18-22-45)41-42-43)51-38(25)30-23-26(40-36(47)31-9-8-19-39-31)11-16-32(30)44(37(38)48)20-7-6-10-34(46)50-3/h11-16,23-25,31,33,35,39,45H,6-10,17-22H2,1-5H3,(H,40,47)/t25-,31+,33+,35-,38+/m0/s1. The second-order valence-corrected chi connectivity index (χ2v) is 19.4. The van der Waals surface area contributed by atoms with Gasteiger partial charge in [-0.3, -0.25) is 19.1 Å². The van der Waals surface area contributed by atoms with Crippen LogP contribution in [0.25, 0.3) is 0 Å². The van der Waals surface area contributed by atoms with Crippen LogP contribution >= 0.6 is 0 Å². The van der Waals surface area contributed by atoms with Crippen LogP contribution in [0.4, 0.5) is 11.4 Å². The Kier molecular flexibility index (Phi) is 11.5. The first-order valence-electron chi connectivity index (χ1n) is 18.4. The molecule has 0 aliphatic carbocycles. The molecule has 3 N–H and O–H groups in total. The molecule has 2 saturated heterocycles. The number of carbonyl (C=O) groups is 3. The molecule has 2 amide bonds. The highest BCUT2D eigenvalue weighted by Gasteiger charge is 2.66. The van der Waals surface area contributed by atoms with Crippen LogP contribution in [0, 0.1) is 5.92 Å². The molecule has 1 spiro atoms. The highest BCUT2D eigenvalue weighted by molar-refractivity contribution is 6.91. The van der Waals surface area contributed by atoms with Crippen LogP contribution in [-0.2, 0) is 42.4 Å². The molecule has 2 fully saturated rings. The second kappa shape index (κ2) is 15.9. The van der Waals surface area contributed by atoms with Crippen LogP contribution < -0.4 is 25.5 Å². The summed E-state index contributed by atoms with van der Waals surface area (Å²) in [6, 6.07) is 13.7. The summed E-state index contributed by atoms with van der Waals surface area (Å²) in [5.74, 6) is 0.0740. The van der Waals surface area contributed by atoms with E-state index in [2.05, 4.69) is 53.1 Å². The lowest BCUT2D eigenvalue weighted by Gasteiger charge is -2.37. The van der Waals surface area contributed by atoms with Gasteiger partial charge in [0.15, 0.2) is 5.60 Å². The molecule has 280 valence electrons. The highest BCUT2D eigenvalue weighted by atomic mass is 28.3. The van der Waals surface area contributed by atoms with Crippen molar-refractivity contribution in [2.75, 3.05) is 44.1 Å². The fourth-order valence-corrected chi connectivity index (χ4v) is 12.7. The highest BCUT2D eigenvalue weighted by Crippen LogP contribution is 2.60. The van der Waals surface area contributed by atoms with Gasteiger partial charge in [0.05, 0.1) is 45.8 Å². The number of carbonyl (C=O) groups excluding carboxylic acids is 3. The minimum absolute atomic E-state index is 0.00545. The number of benzene rings is 2. The first kappa shape index (κ1) is 37.6. The molecule has 2 aromatic carbocycles. The van der Waals surface area contributed by atoms with Gasteiger partial charge in [-0.25, -0.2) is 0 Å². The number of esters is 1. The van der Waals surface area contributed by atoms with Gasteiger partial charge in [-0.15, -0.1) is 5.10 Å². The first-order valence-corrected chi connectivity index (χ1v) is 21.5. The lowest BCUT2D eigenvalue weighted by molar-refractivity contribution is -0.146.